The lowest BCUT2D eigenvalue weighted by atomic mass is 10.1. The summed E-state index contributed by atoms with van der Waals surface area (Å²) in [4.78, 5) is 16.4. The number of aryl methyl sites for hydroxylation is 1. The van der Waals surface area contributed by atoms with Gasteiger partial charge in [-0.1, -0.05) is 12.1 Å². The molecule has 1 atom stereocenters. The van der Waals surface area contributed by atoms with Gasteiger partial charge >= 0.3 is 0 Å². The summed E-state index contributed by atoms with van der Waals surface area (Å²) in [6.07, 6.45) is 1.74. The number of amides is 1. The molecule has 0 saturated carbocycles. The van der Waals surface area contributed by atoms with Crippen LogP contribution in [0.25, 0.3) is 0 Å². The predicted molar refractivity (Wildman–Crippen MR) is 89.9 cm³/mol. The first-order chi connectivity index (χ1) is 11.4. The van der Waals surface area contributed by atoms with E-state index in [0.29, 0.717) is 32.4 Å². The van der Waals surface area contributed by atoms with E-state index in [1.54, 1.807) is 12.1 Å². The first kappa shape index (κ1) is 17.4. The third kappa shape index (κ3) is 4.33. The smallest absolute Gasteiger partial charge is 0.222 e. The number of hydrogen-bond acceptors (Lipinski definition) is 4. The molecular weight excluding hydrogens is 331 g/mol. The second-order valence-corrected chi connectivity index (χ2v) is 8.83. The van der Waals surface area contributed by atoms with E-state index in [4.69, 9.17) is 0 Å². The molecule has 0 aromatic heterocycles. The Morgan fingerprint density at radius 1 is 1.12 bits per heavy atom. The van der Waals surface area contributed by atoms with Gasteiger partial charge in [-0.3, -0.25) is 9.69 Å². The molecule has 1 aromatic carbocycles. The molecule has 132 valence electrons. The van der Waals surface area contributed by atoms with Gasteiger partial charge in [0.05, 0.1) is 11.5 Å². The van der Waals surface area contributed by atoms with Crippen LogP contribution in [-0.4, -0.2) is 67.9 Å². The quantitative estimate of drug-likeness (QED) is 0.812. The molecule has 0 unspecified atom stereocenters. The first-order valence-electron chi connectivity index (χ1n) is 8.40. The fourth-order valence-electron chi connectivity index (χ4n) is 3.46. The summed E-state index contributed by atoms with van der Waals surface area (Å²) in [5.41, 5.74) is 0.958. The molecule has 0 aliphatic carbocycles. The number of piperazine rings is 1. The Balaban J connectivity index is 1.44. The summed E-state index contributed by atoms with van der Waals surface area (Å²) in [5, 5.41) is 0. The highest BCUT2D eigenvalue weighted by Crippen LogP contribution is 2.19. The molecule has 2 aliphatic heterocycles. The molecular formula is C17H23FN2O3S. The Morgan fingerprint density at radius 2 is 1.79 bits per heavy atom. The van der Waals surface area contributed by atoms with Crippen molar-refractivity contribution in [3.8, 4) is 0 Å². The Kier molecular flexibility index (Phi) is 5.20. The SMILES string of the molecule is O=C(CCc1ccc(F)cc1)N1CCN([C@@H]2CCS(=O)(=O)C2)CC1. The summed E-state index contributed by atoms with van der Waals surface area (Å²) in [7, 11) is -2.87. The molecule has 3 rings (SSSR count). The van der Waals surface area contributed by atoms with Crippen molar-refractivity contribution >= 4 is 15.7 Å². The molecule has 2 heterocycles. The van der Waals surface area contributed by atoms with Crippen molar-refractivity contribution in [1.82, 2.24) is 9.80 Å². The second-order valence-electron chi connectivity index (χ2n) is 6.60. The molecule has 2 aliphatic rings. The highest BCUT2D eigenvalue weighted by atomic mass is 32.2. The minimum Gasteiger partial charge on any atom is -0.340 e. The van der Waals surface area contributed by atoms with Crippen molar-refractivity contribution in [1.29, 1.82) is 0 Å². The Hall–Kier alpha value is -1.47. The van der Waals surface area contributed by atoms with Gasteiger partial charge in [0, 0.05) is 38.6 Å². The van der Waals surface area contributed by atoms with Gasteiger partial charge < -0.3 is 4.90 Å². The van der Waals surface area contributed by atoms with E-state index in [2.05, 4.69) is 4.90 Å². The number of sulfone groups is 1. The molecule has 0 bridgehead atoms. The van der Waals surface area contributed by atoms with Crippen LogP contribution in [0.1, 0.15) is 18.4 Å². The van der Waals surface area contributed by atoms with Crippen LogP contribution < -0.4 is 0 Å². The van der Waals surface area contributed by atoms with Crippen LogP contribution in [0.2, 0.25) is 0 Å². The van der Waals surface area contributed by atoms with E-state index in [1.807, 2.05) is 4.90 Å². The molecule has 1 amide bonds. The molecule has 2 saturated heterocycles. The fraction of sp³-hybridized carbons (Fsp3) is 0.588. The molecule has 2 fully saturated rings. The lowest BCUT2D eigenvalue weighted by molar-refractivity contribution is -0.133. The molecule has 0 radical (unpaired) electrons. The summed E-state index contributed by atoms with van der Waals surface area (Å²) >= 11 is 0. The predicted octanol–water partition coefficient (Wildman–Crippen LogP) is 1.09. The maximum atomic E-state index is 12.9. The van der Waals surface area contributed by atoms with Crippen LogP contribution in [0.4, 0.5) is 4.39 Å². The second kappa shape index (κ2) is 7.19. The van der Waals surface area contributed by atoms with Gasteiger partial charge in [-0.25, -0.2) is 12.8 Å². The normalized spacial score (nSPS) is 24.2. The van der Waals surface area contributed by atoms with Gasteiger partial charge in [0.1, 0.15) is 5.82 Å². The molecule has 0 spiro atoms. The van der Waals surface area contributed by atoms with E-state index in [1.165, 1.54) is 12.1 Å². The van der Waals surface area contributed by atoms with Crippen LogP contribution in [-0.2, 0) is 21.1 Å². The zero-order valence-corrected chi connectivity index (χ0v) is 14.5. The van der Waals surface area contributed by atoms with Crippen molar-refractivity contribution in [2.45, 2.75) is 25.3 Å². The molecule has 7 heteroatoms. The molecule has 24 heavy (non-hydrogen) atoms. The van der Waals surface area contributed by atoms with Crippen LogP contribution in [0.3, 0.4) is 0 Å². The maximum Gasteiger partial charge on any atom is 0.222 e. The number of carbonyl (C=O) groups excluding carboxylic acids is 1. The summed E-state index contributed by atoms with van der Waals surface area (Å²) in [5.74, 6) is 0.383. The summed E-state index contributed by atoms with van der Waals surface area (Å²) in [6, 6.07) is 6.36. The van der Waals surface area contributed by atoms with E-state index in [-0.39, 0.29) is 29.3 Å². The monoisotopic (exact) mass is 354 g/mol. The number of halogens is 1. The van der Waals surface area contributed by atoms with Crippen LogP contribution >= 0.6 is 0 Å². The van der Waals surface area contributed by atoms with Crippen molar-refractivity contribution in [2.24, 2.45) is 0 Å². The van der Waals surface area contributed by atoms with Gasteiger partial charge in [-0.05, 0) is 30.5 Å². The molecule has 1 aromatic rings. The lowest BCUT2D eigenvalue weighted by Gasteiger charge is -2.37. The topological polar surface area (TPSA) is 57.7 Å². The van der Waals surface area contributed by atoms with Crippen molar-refractivity contribution in [2.75, 3.05) is 37.7 Å². The lowest BCUT2D eigenvalue weighted by Crippen LogP contribution is -2.52. The van der Waals surface area contributed by atoms with E-state index < -0.39 is 9.84 Å². The number of carbonyl (C=O) groups is 1. The standard InChI is InChI=1S/C17H23FN2O3S/c18-15-4-1-14(2-5-15)3-6-17(21)20-10-8-19(9-11-20)16-7-12-24(22,23)13-16/h1-2,4-5,16H,3,6-13H2/t16-/m1/s1. The fourth-order valence-corrected chi connectivity index (χ4v) is 5.22. The van der Waals surface area contributed by atoms with Crippen LogP contribution in [0.5, 0.6) is 0 Å². The number of hydrogen-bond donors (Lipinski definition) is 0. The Morgan fingerprint density at radius 3 is 2.38 bits per heavy atom. The minimum absolute atomic E-state index is 0.109. The average Bonchev–Trinajstić information content (AvgIpc) is 2.94. The number of nitrogens with zero attached hydrogens (tertiary/aromatic N) is 2. The average molecular weight is 354 g/mol. The largest absolute Gasteiger partial charge is 0.340 e. The number of benzene rings is 1. The third-order valence-corrected chi connectivity index (χ3v) is 6.68. The summed E-state index contributed by atoms with van der Waals surface area (Å²) < 4.78 is 36.0. The van der Waals surface area contributed by atoms with Gasteiger partial charge in [-0.15, -0.1) is 0 Å². The Labute approximate surface area is 142 Å². The van der Waals surface area contributed by atoms with Gasteiger partial charge in [0.2, 0.25) is 5.91 Å². The highest BCUT2D eigenvalue weighted by molar-refractivity contribution is 7.91. The zero-order chi connectivity index (χ0) is 17.2. The molecule has 5 nitrogen and oxygen atoms in total. The highest BCUT2D eigenvalue weighted by Gasteiger charge is 2.34. The number of rotatable bonds is 4. The maximum absolute atomic E-state index is 12.9. The molecule has 0 N–H and O–H groups in total. The first-order valence-corrected chi connectivity index (χ1v) is 10.2. The van der Waals surface area contributed by atoms with Gasteiger partial charge in [-0.2, -0.15) is 0 Å². The van der Waals surface area contributed by atoms with E-state index in [0.717, 1.165) is 18.7 Å². The van der Waals surface area contributed by atoms with Crippen LogP contribution in [0.15, 0.2) is 24.3 Å². The van der Waals surface area contributed by atoms with Crippen molar-refractivity contribution in [3.05, 3.63) is 35.6 Å². The third-order valence-electron chi connectivity index (χ3n) is 4.93. The zero-order valence-electron chi connectivity index (χ0n) is 13.7. The van der Waals surface area contributed by atoms with Gasteiger partial charge in [0.15, 0.2) is 9.84 Å². The van der Waals surface area contributed by atoms with Crippen LogP contribution in [0, 0.1) is 5.82 Å². The summed E-state index contributed by atoms with van der Waals surface area (Å²) in [6.45, 7) is 2.78. The minimum atomic E-state index is -2.87. The van der Waals surface area contributed by atoms with Crippen molar-refractivity contribution < 1.29 is 17.6 Å². The van der Waals surface area contributed by atoms with Crippen molar-refractivity contribution in [3.63, 3.8) is 0 Å². The Bertz CT molecular complexity index is 682. The van der Waals surface area contributed by atoms with Gasteiger partial charge in [0.25, 0.3) is 0 Å². The van der Waals surface area contributed by atoms with E-state index in [9.17, 15) is 17.6 Å². The van der Waals surface area contributed by atoms with E-state index >= 15 is 0 Å².